The largest absolute Gasteiger partial charge is 0.411 e. The first-order valence-electron chi connectivity index (χ1n) is 7.89. The molecule has 0 amide bonds. The molecule has 0 saturated carbocycles. The first-order valence-corrected chi connectivity index (χ1v) is 7.89. The molecule has 116 valence electrons. The summed E-state index contributed by atoms with van der Waals surface area (Å²) < 4.78 is 2.26. The van der Waals surface area contributed by atoms with Crippen LogP contribution in [0.4, 0.5) is 0 Å². The second-order valence-electron chi connectivity index (χ2n) is 7.35. The fourth-order valence-electron chi connectivity index (χ4n) is 4.24. The van der Waals surface area contributed by atoms with Gasteiger partial charge in [0.25, 0.3) is 0 Å². The van der Waals surface area contributed by atoms with E-state index in [4.69, 9.17) is 0 Å². The molecule has 5 heteroatoms. The summed E-state index contributed by atoms with van der Waals surface area (Å²) >= 11 is 0. The Labute approximate surface area is 129 Å². The van der Waals surface area contributed by atoms with Crippen molar-refractivity contribution in [1.29, 1.82) is 0 Å². The third-order valence-corrected chi connectivity index (χ3v) is 5.16. The molecule has 0 bridgehead atoms. The molecule has 1 aliphatic carbocycles. The van der Waals surface area contributed by atoms with Crippen molar-refractivity contribution < 1.29 is 10.0 Å². The Morgan fingerprint density at radius 2 is 2.14 bits per heavy atom. The minimum atomic E-state index is -0.0299. The molecule has 22 heavy (non-hydrogen) atoms. The molecule has 1 aromatic heterocycles. The quantitative estimate of drug-likeness (QED) is 0.592. The Balaban J connectivity index is 1.86. The summed E-state index contributed by atoms with van der Waals surface area (Å²) in [6.07, 6.45) is 4.10. The van der Waals surface area contributed by atoms with E-state index in [0.29, 0.717) is 24.1 Å². The van der Waals surface area contributed by atoms with Gasteiger partial charge in [-0.25, -0.2) is 0 Å². The Morgan fingerprint density at radius 3 is 2.91 bits per heavy atom. The van der Waals surface area contributed by atoms with Gasteiger partial charge in [0.2, 0.25) is 0 Å². The van der Waals surface area contributed by atoms with Gasteiger partial charge in [-0.2, -0.15) is 0 Å². The van der Waals surface area contributed by atoms with E-state index in [1.807, 2.05) is 0 Å². The molecule has 1 atom stereocenters. The van der Waals surface area contributed by atoms with Gasteiger partial charge in [-0.15, -0.1) is 0 Å². The van der Waals surface area contributed by atoms with Gasteiger partial charge in [-0.05, 0) is 24.0 Å². The predicted molar refractivity (Wildman–Crippen MR) is 82.8 cm³/mol. The second-order valence-corrected chi connectivity index (χ2v) is 7.35. The van der Waals surface area contributed by atoms with Gasteiger partial charge in [-0.1, -0.05) is 19.0 Å². The van der Waals surface area contributed by atoms with Crippen LogP contribution in [0.25, 0.3) is 0 Å². The maximum Gasteiger partial charge on any atom is 0.167 e. The fraction of sp³-hybridized carbons (Fsp3) is 0.529. The summed E-state index contributed by atoms with van der Waals surface area (Å²) in [5.41, 5.74) is 3.54. The molecule has 3 aliphatic rings. The third kappa shape index (κ3) is 1.84. The van der Waals surface area contributed by atoms with Crippen molar-refractivity contribution in [2.24, 2.45) is 10.6 Å². The predicted octanol–water partition coefficient (Wildman–Crippen LogP) is 2.72. The van der Waals surface area contributed by atoms with Crippen molar-refractivity contribution in [2.75, 3.05) is 6.54 Å². The molecule has 0 aromatic carbocycles. The van der Waals surface area contributed by atoms with Gasteiger partial charge in [0, 0.05) is 43.5 Å². The number of oxime groups is 1. The molecule has 0 radical (unpaired) electrons. The molecular formula is C17H21N3O2. The highest BCUT2D eigenvalue weighted by Crippen LogP contribution is 2.46. The second kappa shape index (κ2) is 4.48. The van der Waals surface area contributed by atoms with Crippen LogP contribution < -0.4 is 0 Å². The highest BCUT2D eigenvalue weighted by Gasteiger charge is 2.44. The monoisotopic (exact) mass is 299 g/mol. The van der Waals surface area contributed by atoms with E-state index in [1.165, 1.54) is 5.69 Å². The molecule has 0 saturated heterocycles. The Kier molecular flexibility index (Phi) is 2.77. The Hall–Kier alpha value is -2.04. The van der Waals surface area contributed by atoms with E-state index >= 15 is 0 Å². The van der Waals surface area contributed by atoms with E-state index in [2.05, 4.69) is 46.8 Å². The summed E-state index contributed by atoms with van der Waals surface area (Å²) in [6.45, 7) is 6.13. The number of hydrogen-bond acceptors (Lipinski definition) is 4. The molecule has 1 aromatic rings. The number of Topliss-reactive ketones (excluding diaryl/α,β-unsaturated/α-hetero) is 1. The lowest BCUT2D eigenvalue weighted by Crippen LogP contribution is -2.46. The molecule has 1 N–H and O–H groups in total. The minimum absolute atomic E-state index is 0.0299. The van der Waals surface area contributed by atoms with Crippen LogP contribution in [0.3, 0.4) is 0 Å². The van der Waals surface area contributed by atoms with Crippen molar-refractivity contribution in [1.82, 2.24) is 9.47 Å². The summed E-state index contributed by atoms with van der Waals surface area (Å²) in [4.78, 5) is 15.0. The molecule has 4 rings (SSSR count). The molecule has 3 heterocycles. The van der Waals surface area contributed by atoms with Gasteiger partial charge in [0.15, 0.2) is 5.78 Å². The number of aromatic nitrogens is 1. The van der Waals surface area contributed by atoms with Crippen LogP contribution in [0.15, 0.2) is 34.8 Å². The topological polar surface area (TPSA) is 57.8 Å². The zero-order valence-corrected chi connectivity index (χ0v) is 13.0. The molecule has 0 spiro atoms. The summed E-state index contributed by atoms with van der Waals surface area (Å²) in [6, 6.07) is 4.37. The smallest absolute Gasteiger partial charge is 0.167 e. The van der Waals surface area contributed by atoms with Gasteiger partial charge in [0.05, 0.1) is 17.3 Å². The average Bonchev–Trinajstić information content (AvgIpc) is 2.93. The average molecular weight is 299 g/mol. The Morgan fingerprint density at radius 1 is 1.32 bits per heavy atom. The van der Waals surface area contributed by atoms with Crippen molar-refractivity contribution in [3.05, 3.63) is 35.3 Å². The number of allylic oxidation sites excluding steroid dienone is 2. The molecule has 5 nitrogen and oxygen atoms in total. The number of rotatable bonds is 0. The van der Waals surface area contributed by atoms with Crippen LogP contribution in [0.1, 0.15) is 44.8 Å². The highest BCUT2D eigenvalue weighted by atomic mass is 16.4. The van der Waals surface area contributed by atoms with Crippen LogP contribution in [0.2, 0.25) is 0 Å². The first-order chi connectivity index (χ1) is 10.5. The molecule has 0 fully saturated rings. The van der Waals surface area contributed by atoms with Gasteiger partial charge >= 0.3 is 0 Å². The van der Waals surface area contributed by atoms with E-state index in [0.717, 1.165) is 25.2 Å². The van der Waals surface area contributed by atoms with Crippen LogP contribution in [-0.2, 0) is 11.3 Å². The van der Waals surface area contributed by atoms with Crippen LogP contribution >= 0.6 is 0 Å². The fourth-order valence-corrected chi connectivity index (χ4v) is 4.24. The lowest BCUT2D eigenvalue weighted by molar-refractivity contribution is -0.118. The van der Waals surface area contributed by atoms with Gasteiger partial charge in [-0.3, -0.25) is 4.79 Å². The van der Waals surface area contributed by atoms with Crippen LogP contribution in [0, 0.1) is 5.41 Å². The number of ketones is 1. The summed E-state index contributed by atoms with van der Waals surface area (Å²) in [7, 11) is 0. The summed E-state index contributed by atoms with van der Waals surface area (Å²) in [5, 5.41) is 12.9. The number of carbonyl (C=O) groups excluding carboxylic acids is 1. The first kappa shape index (κ1) is 13.6. The van der Waals surface area contributed by atoms with E-state index in [-0.39, 0.29) is 17.2 Å². The van der Waals surface area contributed by atoms with E-state index in [1.54, 1.807) is 0 Å². The standard InChI is InChI=1S/C17H21N3O2/c1-17(2)9-14-16(15(21)10-17)11(18-22)8-13-12-4-3-5-19(12)6-7-20(13)14/h3-5,13,22H,6-10H2,1-2H3/t13-/m0/s1. The van der Waals surface area contributed by atoms with E-state index < -0.39 is 0 Å². The van der Waals surface area contributed by atoms with Crippen molar-refractivity contribution in [3.63, 3.8) is 0 Å². The number of nitrogens with zero attached hydrogens (tertiary/aromatic N) is 3. The van der Waals surface area contributed by atoms with Crippen LogP contribution in [-0.4, -0.2) is 32.7 Å². The SMILES string of the molecule is CC1(C)CC(=O)C2=C(C1)N1CCn3cccc3[C@@H]1CC2=NO. The van der Waals surface area contributed by atoms with E-state index in [9.17, 15) is 10.0 Å². The highest BCUT2D eigenvalue weighted by molar-refractivity contribution is 6.24. The third-order valence-electron chi connectivity index (χ3n) is 5.16. The number of fused-ring (bicyclic) bond motifs is 4. The number of hydrogen-bond donors (Lipinski definition) is 1. The van der Waals surface area contributed by atoms with Crippen molar-refractivity contribution >= 4 is 11.5 Å². The molecule has 0 unspecified atom stereocenters. The lowest BCUT2D eigenvalue weighted by Gasteiger charge is -2.47. The maximum atomic E-state index is 12.6. The number of carbonyl (C=O) groups is 1. The van der Waals surface area contributed by atoms with Gasteiger partial charge < -0.3 is 14.7 Å². The van der Waals surface area contributed by atoms with Gasteiger partial charge in [0.1, 0.15) is 0 Å². The summed E-state index contributed by atoms with van der Waals surface area (Å²) in [5.74, 6) is 0.124. The Bertz CT molecular complexity index is 711. The van der Waals surface area contributed by atoms with Crippen LogP contribution in [0.5, 0.6) is 0 Å². The zero-order chi connectivity index (χ0) is 15.5. The molecular weight excluding hydrogens is 278 g/mol. The maximum absolute atomic E-state index is 12.6. The minimum Gasteiger partial charge on any atom is -0.411 e. The normalized spacial score (nSPS) is 28.5. The van der Waals surface area contributed by atoms with Crippen molar-refractivity contribution in [3.8, 4) is 0 Å². The lowest BCUT2D eigenvalue weighted by atomic mass is 9.72. The zero-order valence-electron chi connectivity index (χ0n) is 13.0. The van der Waals surface area contributed by atoms with Crippen molar-refractivity contribution in [2.45, 2.75) is 45.7 Å². The molecule has 2 aliphatic heterocycles.